The van der Waals surface area contributed by atoms with Gasteiger partial charge in [0.25, 0.3) is 0 Å². The zero-order chi connectivity index (χ0) is 25.3. The van der Waals surface area contributed by atoms with Crippen LogP contribution < -0.4 is 0 Å². The minimum absolute atomic E-state index is 0.131. The van der Waals surface area contributed by atoms with Crippen LogP contribution in [0, 0.1) is 5.82 Å². The van der Waals surface area contributed by atoms with Crippen molar-refractivity contribution in [2.24, 2.45) is 7.05 Å². The van der Waals surface area contributed by atoms with Gasteiger partial charge in [-0.3, -0.25) is 14.6 Å². The Morgan fingerprint density at radius 2 is 1.80 bits per heavy atom. The highest BCUT2D eigenvalue weighted by Gasteiger charge is 2.38. The molecule has 1 atom stereocenters. The van der Waals surface area contributed by atoms with Crippen LogP contribution in [0.2, 0.25) is 0 Å². The standard InChI is InChI=1S/C26H27FN4O4/c1-26(2,3)35-25(33)31-15-17(12-23(31)24(32)34-5)20-14-28-22(16-6-8-18(27)9-7-16)13-19(20)21-10-11-30(4)29-21/h6-14,23H,15H2,1-5H3. The molecule has 3 heterocycles. The zero-order valence-corrected chi connectivity index (χ0v) is 20.3. The number of carbonyl (C=O) groups excluding carboxylic acids is 2. The van der Waals surface area contributed by atoms with E-state index in [0.717, 1.165) is 16.7 Å². The van der Waals surface area contributed by atoms with Crippen molar-refractivity contribution in [1.82, 2.24) is 19.7 Å². The maximum atomic E-state index is 13.4. The average molecular weight is 479 g/mol. The van der Waals surface area contributed by atoms with Crippen molar-refractivity contribution in [3.63, 3.8) is 0 Å². The van der Waals surface area contributed by atoms with Gasteiger partial charge >= 0.3 is 12.1 Å². The number of aryl methyl sites for hydroxylation is 1. The molecule has 1 aliphatic heterocycles. The number of pyridine rings is 1. The number of hydrogen-bond donors (Lipinski definition) is 0. The summed E-state index contributed by atoms with van der Waals surface area (Å²) in [5.41, 5.74) is 3.55. The molecule has 35 heavy (non-hydrogen) atoms. The van der Waals surface area contributed by atoms with Gasteiger partial charge in [-0.15, -0.1) is 0 Å². The number of carbonyl (C=O) groups is 2. The molecule has 0 radical (unpaired) electrons. The molecule has 1 aromatic carbocycles. The summed E-state index contributed by atoms with van der Waals surface area (Å²) >= 11 is 0. The van der Waals surface area contributed by atoms with Crippen LogP contribution in [0.3, 0.4) is 0 Å². The molecule has 0 aliphatic carbocycles. The van der Waals surface area contributed by atoms with Crippen LogP contribution in [0.25, 0.3) is 28.1 Å². The summed E-state index contributed by atoms with van der Waals surface area (Å²) in [6.45, 7) is 5.42. The number of amides is 1. The van der Waals surface area contributed by atoms with Crippen LogP contribution in [0.4, 0.5) is 9.18 Å². The molecule has 0 bridgehead atoms. The van der Waals surface area contributed by atoms with Crippen LogP contribution in [-0.2, 0) is 21.3 Å². The molecule has 2 aromatic heterocycles. The van der Waals surface area contributed by atoms with Gasteiger partial charge in [0, 0.05) is 36.1 Å². The van der Waals surface area contributed by atoms with Gasteiger partial charge in [-0.2, -0.15) is 5.10 Å². The maximum Gasteiger partial charge on any atom is 0.411 e. The quantitative estimate of drug-likeness (QED) is 0.515. The van der Waals surface area contributed by atoms with E-state index >= 15 is 0 Å². The first-order valence-electron chi connectivity index (χ1n) is 11.1. The van der Waals surface area contributed by atoms with Crippen molar-refractivity contribution in [3.05, 3.63) is 66.2 Å². The second-order valence-electron chi connectivity index (χ2n) is 9.26. The topological polar surface area (TPSA) is 86.5 Å². The summed E-state index contributed by atoms with van der Waals surface area (Å²) < 4.78 is 25.6. The lowest BCUT2D eigenvalue weighted by Crippen LogP contribution is -2.44. The number of rotatable bonds is 4. The fraction of sp³-hybridized carbons (Fsp3) is 0.308. The molecular weight excluding hydrogens is 451 g/mol. The van der Waals surface area contributed by atoms with E-state index in [2.05, 4.69) is 10.1 Å². The van der Waals surface area contributed by atoms with Gasteiger partial charge in [0.05, 0.1) is 25.0 Å². The third-order valence-corrected chi connectivity index (χ3v) is 5.49. The number of nitrogens with zero attached hydrogens (tertiary/aromatic N) is 4. The molecule has 1 unspecified atom stereocenters. The Hall–Kier alpha value is -4.01. The van der Waals surface area contributed by atoms with Crippen molar-refractivity contribution < 1.29 is 23.5 Å². The van der Waals surface area contributed by atoms with Crippen molar-refractivity contribution in [2.75, 3.05) is 13.7 Å². The monoisotopic (exact) mass is 478 g/mol. The summed E-state index contributed by atoms with van der Waals surface area (Å²) in [6.07, 6.45) is 4.58. The molecule has 3 aromatic rings. The molecule has 9 heteroatoms. The van der Waals surface area contributed by atoms with Gasteiger partial charge in [0.15, 0.2) is 6.04 Å². The number of esters is 1. The number of hydrogen-bond acceptors (Lipinski definition) is 6. The van der Waals surface area contributed by atoms with Crippen LogP contribution in [0.5, 0.6) is 0 Å². The summed E-state index contributed by atoms with van der Waals surface area (Å²) in [7, 11) is 3.09. The first-order valence-corrected chi connectivity index (χ1v) is 11.1. The molecule has 182 valence electrons. The third kappa shape index (κ3) is 5.24. The van der Waals surface area contributed by atoms with Crippen molar-refractivity contribution in [3.8, 4) is 22.5 Å². The average Bonchev–Trinajstić information content (AvgIpc) is 3.44. The van der Waals surface area contributed by atoms with Crippen molar-refractivity contribution >= 4 is 17.6 Å². The summed E-state index contributed by atoms with van der Waals surface area (Å²) in [4.78, 5) is 31.3. The van der Waals surface area contributed by atoms with E-state index in [1.165, 1.54) is 24.1 Å². The van der Waals surface area contributed by atoms with E-state index in [1.807, 2.05) is 25.4 Å². The fourth-order valence-corrected chi connectivity index (χ4v) is 3.87. The number of benzene rings is 1. The highest BCUT2D eigenvalue weighted by molar-refractivity contribution is 5.92. The third-order valence-electron chi connectivity index (χ3n) is 5.49. The Labute approximate surface area is 203 Å². The molecular formula is C26H27FN4O4. The van der Waals surface area contributed by atoms with E-state index in [-0.39, 0.29) is 12.4 Å². The van der Waals surface area contributed by atoms with E-state index in [9.17, 15) is 14.0 Å². The predicted octanol–water partition coefficient (Wildman–Crippen LogP) is 4.46. The van der Waals surface area contributed by atoms with E-state index in [4.69, 9.17) is 9.47 Å². The first kappa shape index (κ1) is 24.1. The summed E-state index contributed by atoms with van der Waals surface area (Å²) in [6, 6.07) is 8.88. The minimum Gasteiger partial charge on any atom is -0.467 e. The number of halogens is 1. The van der Waals surface area contributed by atoms with Gasteiger partial charge in [-0.05, 0) is 68.8 Å². The Morgan fingerprint density at radius 3 is 2.40 bits per heavy atom. The predicted molar refractivity (Wildman–Crippen MR) is 129 cm³/mol. The van der Waals surface area contributed by atoms with Gasteiger partial charge in [-0.25, -0.2) is 14.0 Å². The van der Waals surface area contributed by atoms with E-state index in [1.54, 1.807) is 49.9 Å². The molecule has 1 aliphatic rings. The fourth-order valence-electron chi connectivity index (χ4n) is 3.87. The zero-order valence-electron chi connectivity index (χ0n) is 20.3. The van der Waals surface area contributed by atoms with E-state index < -0.39 is 23.7 Å². The van der Waals surface area contributed by atoms with Crippen LogP contribution in [0.1, 0.15) is 26.3 Å². The Morgan fingerprint density at radius 1 is 1.09 bits per heavy atom. The van der Waals surface area contributed by atoms with Gasteiger partial charge < -0.3 is 9.47 Å². The number of methoxy groups -OCH3 is 1. The number of aromatic nitrogens is 3. The van der Waals surface area contributed by atoms with Crippen molar-refractivity contribution in [1.29, 1.82) is 0 Å². The molecule has 0 fully saturated rings. The summed E-state index contributed by atoms with van der Waals surface area (Å²) in [5.74, 6) is -0.899. The van der Waals surface area contributed by atoms with Crippen LogP contribution in [-0.4, -0.2) is 57.0 Å². The Bertz CT molecular complexity index is 1290. The molecule has 1 amide bonds. The second kappa shape index (κ2) is 9.32. The lowest BCUT2D eigenvalue weighted by Gasteiger charge is -2.27. The SMILES string of the molecule is COC(=O)C1C=C(c2cnc(-c3ccc(F)cc3)cc2-c2ccn(C)n2)CN1C(=O)OC(C)(C)C. The van der Waals surface area contributed by atoms with Gasteiger partial charge in [-0.1, -0.05) is 0 Å². The minimum atomic E-state index is -0.932. The first-order chi connectivity index (χ1) is 16.6. The molecule has 4 rings (SSSR count). The highest BCUT2D eigenvalue weighted by atomic mass is 19.1. The summed E-state index contributed by atoms with van der Waals surface area (Å²) in [5, 5.41) is 4.54. The largest absolute Gasteiger partial charge is 0.467 e. The lowest BCUT2D eigenvalue weighted by atomic mass is 9.97. The number of ether oxygens (including phenoxy) is 2. The normalized spacial score (nSPS) is 15.7. The molecule has 8 nitrogen and oxygen atoms in total. The molecule has 0 spiro atoms. The molecule has 0 N–H and O–H groups in total. The van der Waals surface area contributed by atoms with Gasteiger partial charge in [0.1, 0.15) is 11.4 Å². The maximum absolute atomic E-state index is 13.4. The molecule has 0 saturated carbocycles. The Kier molecular flexibility index (Phi) is 6.43. The second-order valence-corrected chi connectivity index (χ2v) is 9.26. The molecule has 0 saturated heterocycles. The van der Waals surface area contributed by atoms with E-state index in [0.29, 0.717) is 17.0 Å². The smallest absolute Gasteiger partial charge is 0.411 e. The Balaban J connectivity index is 1.78. The van der Waals surface area contributed by atoms with Gasteiger partial charge in [0.2, 0.25) is 0 Å². The van der Waals surface area contributed by atoms with Crippen molar-refractivity contribution in [2.45, 2.75) is 32.4 Å². The van der Waals surface area contributed by atoms with Crippen LogP contribution >= 0.6 is 0 Å². The lowest BCUT2D eigenvalue weighted by molar-refractivity contribution is -0.144. The van der Waals surface area contributed by atoms with Crippen LogP contribution in [0.15, 0.2) is 54.9 Å². The highest BCUT2D eigenvalue weighted by Crippen LogP contribution is 2.35.